The molecule has 3 rings (SSSR count). The van der Waals surface area contributed by atoms with E-state index in [1.807, 2.05) is 4.90 Å². The van der Waals surface area contributed by atoms with Crippen LogP contribution in [-0.4, -0.2) is 47.9 Å². The van der Waals surface area contributed by atoms with Gasteiger partial charge in [-0.1, -0.05) is 24.3 Å². The zero-order valence-corrected chi connectivity index (χ0v) is 13.5. The van der Waals surface area contributed by atoms with Gasteiger partial charge in [-0.05, 0) is 49.8 Å². The molecule has 120 valence electrons. The number of nitrogens with two attached hydrogens (primary N) is 1. The standard InChI is InChI=1S/C18H27N3O/c1-14(19)16-7-4-9-20(11-16)13-18(22)21-10-8-15-5-2-3-6-17(15)12-21/h2-3,5-6,14,16H,4,7-13,19H2,1H3. The van der Waals surface area contributed by atoms with Crippen LogP contribution in [0.4, 0.5) is 0 Å². The topological polar surface area (TPSA) is 49.6 Å². The van der Waals surface area contributed by atoms with Crippen molar-refractivity contribution < 1.29 is 4.79 Å². The summed E-state index contributed by atoms with van der Waals surface area (Å²) in [5.41, 5.74) is 8.72. The summed E-state index contributed by atoms with van der Waals surface area (Å²) in [7, 11) is 0. The highest BCUT2D eigenvalue weighted by Crippen LogP contribution is 2.21. The van der Waals surface area contributed by atoms with E-state index in [9.17, 15) is 4.79 Å². The summed E-state index contributed by atoms with van der Waals surface area (Å²) < 4.78 is 0. The number of amides is 1. The van der Waals surface area contributed by atoms with Gasteiger partial charge < -0.3 is 10.6 Å². The molecule has 2 atom stereocenters. The number of likely N-dealkylation sites (tertiary alicyclic amines) is 1. The molecule has 2 unspecified atom stereocenters. The second-order valence-corrected chi connectivity index (χ2v) is 6.83. The van der Waals surface area contributed by atoms with E-state index in [0.29, 0.717) is 12.5 Å². The van der Waals surface area contributed by atoms with Crippen molar-refractivity contribution in [1.82, 2.24) is 9.80 Å². The van der Waals surface area contributed by atoms with Gasteiger partial charge >= 0.3 is 0 Å². The second kappa shape index (κ2) is 6.80. The average molecular weight is 301 g/mol. The van der Waals surface area contributed by atoms with Gasteiger partial charge in [0.1, 0.15) is 0 Å². The molecule has 1 aromatic rings. The van der Waals surface area contributed by atoms with Crippen LogP contribution in [0.15, 0.2) is 24.3 Å². The summed E-state index contributed by atoms with van der Waals surface area (Å²) in [6.45, 7) is 6.23. The third kappa shape index (κ3) is 3.50. The molecule has 0 radical (unpaired) electrons. The molecule has 0 bridgehead atoms. The molecule has 2 N–H and O–H groups in total. The maximum atomic E-state index is 12.6. The SMILES string of the molecule is CC(N)C1CCCN(CC(=O)N2CCc3ccccc3C2)C1. The molecule has 1 fully saturated rings. The quantitative estimate of drug-likeness (QED) is 0.923. The van der Waals surface area contributed by atoms with E-state index in [-0.39, 0.29) is 11.9 Å². The molecule has 1 aromatic carbocycles. The molecule has 4 nitrogen and oxygen atoms in total. The molecular formula is C18H27N3O. The Morgan fingerprint density at radius 2 is 2.09 bits per heavy atom. The minimum atomic E-state index is 0.222. The number of benzene rings is 1. The molecule has 0 saturated carbocycles. The number of fused-ring (bicyclic) bond motifs is 1. The van der Waals surface area contributed by atoms with Gasteiger partial charge in [-0.15, -0.1) is 0 Å². The zero-order valence-electron chi connectivity index (χ0n) is 13.5. The van der Waals surface area contributed by atoms with Crippen LogP contribution in [0.25, 0.3) is 0 Å². The molecule has 0 aliphatic carbocycles. The number of carbonyl (C=O) groups is 1. The number of hydrogen-bond acceptors (Lipinski definition) is 3. The van der Waals surface area contributed by atoms with E-state index in [2.05, 4.69) is 36.1 Å². The largest absolute Gasteiger partial charge is 0.337 e. The lowest BCUT2D eigenvalue weighted by Crippen LogP contribution is -2.48. The first-order valence-electron chi connectivity index (χ1n) is 8.46. The molecule has 2 aliphatic rings. The second-order valence-electron chi connectivity index (χ2n) is 6.83. The van der Waals surface area contributed by atoms with Crippen LogP contribution < -0.4 is 5.73 Å². The van der Waals surface area contributed by atoms with Gasteiger partial charge in [0.25, 0.3) is 0 Å². The van der Waals surface area contributed by atoms with Crippen LogP contribution >= 0.6 is 0 Å². The summed E-state index contributed by atoms with van der Waals surface area (Å²) >= 11 is 0. The molecule has 4 heteroatoms. The minimum Gasteiger partial charge on any atom is -0.337 e. The lowest BCUT2D eigenvalue weighted by molar-refractivity contribution is -0.133. The molecule has 1 saturated heterocycles. The van der Waals surface area contributed by atoms with Gasteiger partial charge in [-0.3, -0.25) is 9.69 Å². The molecule has 1 amide bonds. The van der Waals surface area contributed by atoms with E-state index in [0.717, 1.165) is 39.0 Å². The van der Waals surface area contributed by atoms with Crippen LogP contribution in [0.2, 0.25) is 0 Å². The fourth-order valence-corrected chi connectivity index (χ4v) is 3.66. The summed E-state index contributed by atoms with van der Waals surface area (Å²) in [5.74, 6) is 0.795. The van der Waals surface area contributed by atoms with Crippen LogP contribution in [0.3, 0.4) is 0 Å². The Hall–Kier alpha value is -1.39. The predicted octanol–water partition coefficient (Wildman–Crippen LogP) is 1.63. The fraction of sp³-hybridized carbons (Fsp3) is 0.611. The fourth-order valence-electron chi connectivity index (χ4n) is 3.66. The van der Waals surface area contributed by atoms with E-state index in [1.165, 1.54) is 17.5 Å². The minimum absolute atomic E-state index is 0.222. The van der Waals surface area contributed by atoms with E-state index >= 15 is 0 Å². The van der Waals surface area contributed by atoms with E-state index in [4.69, 9.17) is 5.73 Å². The maximum Gasteiger partial charge on any atom is 0.237 e. The smallest absolute Gasteiger partial charge is 0.237 e. The van der Waals surface area contributed by atoms with Crippen LogP contribution in [0.1, 0.15) is 30.9 Å². The zero-order chi connectivity index (χ0) is 15.5. The lowest BCUT2D eigenvalue weighted by atomic mass is 9.92. The maximum absolute atomic E-state index is 12.6. The van der Waals surface area contributed by atoms with Crippen molar-refractivity contribution in [3.05, 3.63) is 35.4 Å². The Bertz CT molecular complexity index is 529. The lowest BCUT2D eigenvalue weighted by Gasteiger charge is -2.36. The van der Waals surface area contributed by atoms with Gasteiger partial charge in [-0.25, -0.2) is 0 Å². The van der Waals surface area contributed by atoms with Crippen LogP contribution in [0, 0.1) is 5.92 Å². The highest BCUT2D eigenvalue weighted by Gasteiger charge is 2.26. The number of hydrogen-bond donors (Lipinski definition) is 1. The Labute approximate surface area is 133 Å². The monoisotopic (exact) mass is 301 g/mol. The van der Waals surface area contributed by atoms with Gasteiger partial charge in [0, 0.05) is 25.7 Å². The van der Waals surface area contributed by atoms with Gasteiger partial charge in [0.15, 0.2) is 0 Å². The predicted molar refractivity (Wildman–Crippen MR) is 88.4 cm³/mol. The highest BCUT2D eigenvalue weighted by atomic mass is 16.2. The van der Waals surface area contributed by atoms with E-state index < -0.39 is 0 Å². The summed E-state index contributed by atoms with van der Waals surface area (Å²) in [5, 5.41) is 0. The Morgan fingerprint density at radius 1 is 1.32 bits per heavy atom. The molecular weight excluding hydrogens is 274 g/mol. The number of piperidine rings is 1. The van der Waals surface area contributed by atoms with Crippen molar-refractivity contribution in [3.63, 3.8) is 0 Å². The first kappa shape index (κ1) is 15.5. The van der Waals surface area contributed by atoms with Crippen molar-refractivity contribution in [2.24, 2.45) is 11.7 Å². The first-order chi connectivity index (χ1) is 10.6. The van der Waals surface area contributed by atoms with Gasteiger partial charge in [0.2, 0.25) is 5.91 Å². The molecule has 2 heterocycles. The molecule has 2 aliphatic heterocycles. The Balaban J connectivity index is 1.56. The first-order valence-corrected chi connectivity index (χ1v) is 8.46. The van der Waals surface area contributed by atoms with Crippen molar-refractivity contribution in [3.8, 4) is 0 Å². The van der Waals surface area contributed by atoms with Gasteiger partial charge in [0.05, 0.1) is 6.54 Å². The van der Waals surface area contributed by atoms with Crippen LogP contribution in [0.5, 0.6) is 0 Å². The van der Waals surface area contributed by atoms with Crippen molar-refractivity contribution in [2.75, 3.05) is 26.2 Å². The third-order valence-electron chi connectivity index (χ3n) is 5.13. The molecule has 22 heavy (non-hydrogen) atoms. The third-order valence-corrected chi connectivity index (χ3v) is 5.13. The Kier molecular flexibility index (Phi) is 4.79. The normalized spacial score (nSPS) is 23.9. The van der Waals surface area contributed by atoms with Gasteiger partial charge in [-0.2, -0.15) is 0 Å². The van der Waals surface area contributed by atoms with Crippen molar-refractivity contribution in [1.29, 1.82) is 0 Å². The number of carbonyl (C=O) groups excluding carboxylic acids is 1. The molecule has 0 aromatic heterocycles. The van der Waals surface area contributed by atoms with Crippen LogP contribution in [-0.2, 0) is 17.8 Å². The molecule has 0 spiro atoms. The van der Waals surface area contributed by atoms with E-state index in [1.54, 1.807) is 0 Å². The average Bonchev–Trinajstić information content (AvgIpc) is 2.54. The summed E-state index contributed by atoms with van der Waals surface area (Å²) in [6.07, 6.45) is 3.33. The van der Waals surface area contributed by atoms with Crippen molar-refractivity contribution in [2.45, 2.75) is 38.8 Å². The summed E-state index contributed by atoms with van der Waals surface area (Å²) in [4.78, 5) is 16.9. The Morgan fingerprint density at radius 3 is 2.86 bits per heavy atom. The van der Waals surface area contributed by atoms with Crippen molar-refractivity contribution >= 4 is 5.91 Å². The number of nitrogens with zero attached hydrogens (tertiary/aromatic N) is 2. The number of rotatable bonds is 3. The summed E-state index contributed by atoms with van der Waals surface area (Å²) in [6, 6.07) is 8.68. The highest BCUT2D eigenvalue weighted by molar-refractivity contribution is 5.78.